The van der Waals surface area contributed by atoms with Crippen molar-refractivity contribution in [3.05, 3.63) is 11.1 Å². The predicted molar refractivity (Wildman–Crippen MR) is 123 cm³/mol. The average molecular weight is 489 g/mol. The Labute approximate surface area is 201 Å². The van der Waals surface area contributed by atoms with Gasteiger partial charge in [-0.2, -0.15) is 0 Å². The Balaban J connectivity index is 4.52. The average Bonchev–Trinajstić information content (AvgIpc) is 2.79. The van der Waals surface area contributed by atoms with Gasteiger partial charge < -0.3 is 29.2 Å². The number of carbonyl (C=O) groups excluding carboxylic acids is 2. The number of carbonyl (C=O) groups is 4. The maximum absolute atomic E-state index is 12.0. The zero-order valence-corrected chi connectivity index (χ0v) is 20.5. The second-order valence-corrected chi connectivity index (χ2v) is 7.71. The minimum Gasteiger partial charge on any atom is -0.478 e. The molecule has 0 fully saturated rings. The number of carboxylic acids is 2. The van der Waals surface area contributed by atoms with E-state index in [-0.39, 0.29) is 26.4 Å². The molecule has 2 N–H and O–H groups in total. The van der Waals surface area contributed by atoms with Crippen LogP contribution in [0.25, 0.3) is 0 Å². The molecule has 10 nitrogen and oxygen atoms in total. The summed E-state index contributed by atoms with van der Waals surface area (Å²) in [7, 11) is 0. The first-order chi connectivity index (χ1) is 16.3. The van der Waals surface area contributed by atoms with Crippen molar-refractivity contribution in [2.24, 2.45) is 0 Å². The van der Waals surface area contributed by atoms with Crippen LogP contribution < -0.4 is 0 Å². The molecule has 0 radical (unpaired) electrons. The van der Waals surface area contributed by atoms with Gasteiger partial charge in [-0.3, -0.25) is 9.59 Å². The molecule has 0 aromatic heterocycles. The molecule has 0 aliphatic carbocycles. The number of aliphatic carboxylic acids is 2. The highest BCUT2D eigenvalue weighted by Crippen LogP contribution is 2.16. The third-order valence-corrected chi connectivity index (χ3v) is 4.79. The molecule has 0 heterocycles. The molecule has 0 unspecified atom stereocenters. The number of ether oxygens (including phenoxy) is 4. The molecule has 0 rings (SSSR count). The second kappa shape index (κ2) is 21.1. The van der Waals surface area contributed by atoms with E-state index in [1.807, 2.05) is 0 Å². The molecular formula is C24H40O10. The molecule has 196 valence electrons. The van der Waals surface area contributed by atoms with Crippen molar-refractivity contribution in [3.63, 3.8) is 0 Å². The van der Waals surface area contributed by atoms with Gasteiger partial charge in [0.2, 0.25) is 0 Å². The van der Waals surface area contributed by atoms with Gasteiger partial charge in [0.05, 0.1) is 37.2 Å². The van der Waals surface area contributed by atoms with Gasteiger partial charge in [0.25, 0.3) is 0 Å². The Morgan fingerprint density at radius 3 is 1.24 bits per heavy atom. The minimum absolute atomic E-state index is 0.0810. The van der Waals surface area contributed by atoms with E-state index < -0.39 is 47.9 Å². The summed E-state index contributed by atoms with van der Waals surface area (Å²) in [5.74, 6) is -5.08. The molecule has 0 spiro atoms. The Morgan fingerprint density at radius 2 is 0.912 bits per heavy atom. The van der Waals surface area contributed by atoms with E-state index in [2.05, 4.69) is 13.8 Å². The highest BCUT2D eigenvalue weighted by molar-refractivity contribution is 6.04. The summed E-state index contributed by atoms with van der Waals surface area (Å²) in [6, 6.07) is 0. The van der Waals surface area contributed by atoms with Gasteiger partial charge in [0, 0.05) is 13.2 Å². The van der Waals surface area contributed by atoms with Crippen LogP contribution in [0.4, 0.5) is 0 Å². The Kier molecular flexibility index (Phi) is 19.6. The summed E-state index contributed by atoms with van der Waals surface area (Å²) in [6.45, 7) is 5.42. The van der Waals surface area contributed by atoms with Crippen molar-refractivity contribution in [2.45, 2.75) is 78.1 Å². The molecule has 0 aliphatic rings. The lowest BCUT2D eigenvalue weighted by atomic mass is 10.0. The molecular weight excluding hydrogens is 448 g/mol. The molecule has 0 aromatic carbocycles. The number of carboxylic acid groups (broad SMARTS) is 2. The van der Waals surface area contributed by atoms with Gasteiger partial charge in [0.15, 0.2) is 0 Å². The molecule has 0 saturated carbocycles. The van der Waals surface area contributed by atoms with Crippen LogP contribution in [-0.2, 0) is 38.1 Å². The Morgan fingerprint density at radius 1 is 0.529 bits per heavy atom. The number of unbranched alkanes of at least 4 members (excludes halogenated alkanes) is 6. The van der Waals surface area contributed by atoms with E-state index in [4.69, 9.17) is 18.9 Å². The molecule has 0 aromatic rings. The standard InChI is InChI=1S/C24H40O10/c1-3-5-7-9-11-31-13-15-33-21(25)17-19(23(27)28)20(24(29)30)18-22(26)34-16-14-32-12-10-8-6-4-2/h3-18H2,1-2H3,(H,27,28)(H,29,30)/b20-19+. The largest absolute Gasteiger partial charge is 0.478 e. The van der Waals surface area contributed by atoms with E-state index in [0.717, 1.165) is 51.4 Å². The lowest BCUT2D eigenvalue weighted by molar-refractivity contribution is -0.147. The van der Waals surface area contributed by atoms with Gasteiger partial charge in [-0.1, -0.05) is 52.4 Å². The lowest BCUT2D eigenvalue weighted by Gasteiger charge is -2.10. The highest BCUT2D eigenvalue weighted by Gasteiger charge is 2.26. The monoisotopic (exact) mass is 488 g/mol. The summed E-state index contributed by atoms with van der Waals surface area (Å²) in [6.07, 6.45) is 6.79. The number of hydrogen-bond donors (Lipinski definition) is 2. The normalized spacial score (nSPS) is 11.6. The maximum Gasteiger partial charge on any atom is 0.332 e. The van der Waals surface area contributed by atoms with Crippen molar-refractivity contribution < 1.29 is 48.3 Å². The van der Waals surface area contributed by atoms with Gasteiger partial charge in [-0.25, -0.2) is 9.59 Å². The fourth-order valence-corrected chi connectivity index (χ4v) is 2.91. The molecule has 0 atom stereocenters. The van der Waals surface area contributed by atoms with Gasteiger partial charge >= 0.3 is 23.9 Å². The van der Waals surface area contributed by atoms with E-state index in [1.165, 1.54) is 0 Å². The van der Waals surface area contributed by atoms with Crippen molar-refractivity contribution in [3.8, 4) is 0 Å². The molecule has 34 heavy (non-hydrogen) atoms. The summed E-state index contributed by atoms with van der Waals surface area (Å²) in [4.78, 5) is 47.1. The third kappa shape index (κ3) is 17.1. The van der Waals surface area contributed by atoms with E-state index >= 15 is 0 Å². The number of rotatable bonds is 22. The summed E-state index contributed by atoms with van der Waals surface area (Å²) < 4.78 is 20.5. The van der Waals surface area contributed by atoms with E-state index in [1.54, 1.807) is 0 Å². The fourth-order valence-electron chi connectivity index (χ4n) is 2.91. The Bertz CT molecular complexity index is 588. The first-order valence-corrected chi connectivity index (χ1v) is 12.0. The molecule has 0 aliphatic heterocycles. The highest BCUT2D eigenvalue weighted by atomic mass is 16.6. The van der Waals surface area contributed by atoms with Crippen LogP contribution in [0.15, 0.2) is 11.1 Å². The van der Waals surface area contributed by atoms with Gasteiger partial charge in [-0.05, 0) is 12.8 Å². The third-order valence-electron chi connectivity index (χ3n) is 4.79. The van der Waals surface area contributed by atoms with Crippen LogP contribution in [0.3, 0.4) is 0 Å². The van der Waals surface area contributed by atoms with Gasteiger partial charge in [0.1, 0.15) is 13.2 Å². The summed E-state index contributed by atoms with van der Waals surface area (Å²) >= 11 is 0. The molecule has 0 bridgehead atoms. The van der Waals surface area contributed by atoms with Crippen LogP contribution in [0.1, 0.15) is 78.1 Å². The van der Waals surface area contributed by atoms with Crippen LogP contribution in [0.2, 0.25) is 0 Å². The quantitative estimate of drug-likeness (QED) is 0.132. The molecule has 10 heteroatoms. The van der Waals surface area contributed by atoms with E-state index in [0.29, 0.717) is 13.2 Å². The topological polar surface area (TPSA) is 146 Å². The van der Waals surface area contributed by atoms with Crippen molar-refractivity contribution in [2.75, 3.05) is 39.6 Å². The zero-order valence-electron chi connectivity index (χ0n) is 20.5. The van der Waals surface area contributed by atoms with Crippen molar-refractivity contribution in [1.82, 2.24) is 0 Å². The van der Waals surface area contributed by atoms with Crippen LogP contribution in [0, 0.1) is 0 Å². The Hall–Kier alpha value is -2.46. The van der Waals surface area contributed by atoms with Crippen molar-refractivity contribution in [1.29, 1.82) is 0 Å². The van der Waals surface area contributed by atoms with Crippen LogP contribution in [-0.4, -0.2) is 73.7 Å². The van der Waals surface area contributed by atoms with E-state index in [9.17, 15) is 29.4 Å². The SMILES string of the molecule is CCCCCCOCCOC(=O)C/C(C(=O)O)=C(/CC(=O)OCCOCCCCCC)C(=O)O. The molecule has 0 amide bonds. The van der Waals surface area contributed by atoms with Gasteiger partial charge in [-0.15, -0.1) is 0 Å². The maximum atomic E-state index is 12.0. The van der Waals surface area contributed by atoms with Crippen LogP contribution >= 0.6 is 0 Å². The smallest absolute Gasteiger partial charge is 0.332 e. The summed E-state index contributed by atoms with van der Waals surface area (Å²) in [5.41, 5.74) is -1.44. The zero-order chi connectivity index (χ0) is 25.6. The lowest BCUT2D eigenvalue weighted by Crippen LogP contribution is -2.20. The summed E-state index contributed by atoms with van der Waals surface area (Å²) in [5, 5.41) is 18.8. The minimum atomic E-state index is -1.62. The second-order valence-electron chi connectivity index (χ2n) is 7.71. The number of esters is 2. The molecule has 0 saturated heterocycles. The first-order valence-electron chi connectivity index (χ1n) is 12.0. The van der Waals surface area contributed by atoms with Crippen LogP contribution in [0.5, 0.6) is 0 Å². The fraction of sp³-hybridized carbons (Fsp3) is 0.750. The first kappa shape index (κ1) is 31.5. The number of hydrogen-bond acceptors (Lipinski definition) is 8. The predicted octanol–water partition coefficient (Wildman–Crippen LogP) is 3.51. The van der Waals surface area contributed by atoms with Crippen molar-refractivity contribution >= 4 is 23.9 Å².